The van der Waals surface area contributed by atoms with Crippen LogP contribution in [0.2, 0.25) is 5.02 Å². The van der Waals surface area contributed by atoms with E-state index in [0.717, 1.165) is 0 Å². The number of carbonyl (C=O) groups excluding carboxylic acids is 1. The Balaban J connectivity index is 1.82. The lowest BCUT2D eigenvalue weighted by atomic mass is 10.3. The first kappa shape index (κ1) is 22.0. The third kappa shape index (κ3) is 7.02. The topological polar surface area (TPSA) is 84.5 Å². The van der Waals surface area contributed by atoms with E-state index in [1.54, 1.807) is 6.07 Å². The van der Waals surface area contributed by atoms with E-state index in [1.807, 2.05) is 0 Å². The lowest BCUT2D eigenvalue weighted by Crippen LogP contribution is -2.28. The molecular weight excluding hydrogens is 421 g/mol. The number of nitrogens with one attached hydrogen (secondary N) is 2. The van der Waals surface area contributed by atoms with Crippen LogP contribution in [0.5, 0.6) is 5.75 Å². The SMILES string of the molecule is O=C(CCNS(=O)(=O)c1ccccc1Cl)Nc1ccc(OCC(F)(F)F)cc1. The molecule has 1 amide bonds. The standard InChI is InChI=1S/C17H16ClF3N2O4S/c18-14-3-1-2-4-15(14)28(25,26)22-10-9-16(24)23-12-5-7-13(8-6-12)27-11-17(19,20)21/h1-8,22H,9-11H2,(H,23,24). The lowest BCUT2D eigenvalue weighted by Gasteiger charge is -2.10. The Labute approximate surface area is 164 Å². The largest absolute Gasteiger partial charge is 0.484 e. The summed E-state index contributed by atoms with van der Waals surface area (Å²) in [6, 6.07) is 11.2. The lowest BCUT2D eigenvalue weighted by molar-refractivity contribution is -0.153. The number of anilines is 1. The predicted molar refractivity (Wildman–Crippen MR) is 97.9 cm³/mol. The Morgan fingerprint density at radius 1 is 1.07 bits per heavy atom. The van der Waals surface area contributed by atoms with Crippen molar-refractivity contribution < 1.29 is 31.1 Å². The van der Waals surface area contributed by atoms with E-state index in [1.165, 1.54) is 42.5 Å². The molecule has 0 bridgehead atoms. The van der Waals surface area contributed by atoms with E-state index >= 15 is 0 Å². The number of halogens is 4. The fourth-order valence-electron chi connectivity index (χ4n) is 2.06. The zero-order chi connectivity index (χ0) is 20.8. The van der Waals surface area contributed by atoms with Gasteiger partial charge in [-0.1, -0.05) is 23.7 Å². The van der Waals surface area contributed by atoms with Gasteiger partial charge in [-0.2, -0.15) is 13.2 Å². The molecule has 0 spiro atoms. The normalized spacial score (nSPS) is 11.9. The molecule has 0 aliphatic carbocycles. The fourth-order valence-corrected chi connectivity index (χ4v) is 3.61. The van der Waals surface area contributed by atoms with Gasteiger partial charge >= 0.3 is 6.18 Å². The van der Waals surface area contributed by atoms with Gasteiger partial charge in [0, 0.05) is 18.7 Å². The van der Waals surface area contributed by atoms with Crippen LogP contribution in [0.4, 0.5) is 18.9 Å². The monoisotopic (exact) mass is 436 g/mol. The number of alkyl halides is 3. The predicted octanol–water partition coefficient (Wildman–Crippen LogP) is 3.59. The molecule has 0 saturated carbocycles. The van der Waals surface area contributed by atoms with Crippen LogP contribution in [-0.4, -0.2) is 33.7 Å². The van der Waals surface area contributed by atoms with Crippen molar-refractivity contribution in [1.29, 1.82) is 0 Å². The van der Waals surface area contributed by atoms with Crippen molar-refractivity contribution in [3.05, 3.63) is 53.6 Å². The molecule has 28 heavy (non-hydrogen) atoms. The minimum atomic E-state index is -4.44. The second-order valence-electron chi connectivity index (χ2n) is 5.55. The highest BCUT2D eigenvalue weighted by Gasteiger charge is 2.28. The van der Waals surface area contributed by atoms with Crippen molar-refractivity contribution >= 4 is 33.2 Å². The number of amides is 1. The molecule has 0 saturated heterocycles. The average molecular weight is 437 g/mol. The molecule has 0 radical (unpaired) electrons. The molecular formula is C17H16ClF3N2O4S. The highest BCUT2D eigenvalue weighted by atomic mass is 35.5. The van der Waals surface area contributed by atoms with Crippen molar-refractivity contribution in [2.75, 3.05) is 18.5 Å². The van der Waals surface area contributed by atoms with Gasteiger partial charge in [-0.15, -0.1) is 0 Å². The van der Waals surface area contributed by atoms with Crippen molar-refractivity contribution in [3.8, 4) is 5.75 Å². The fraction of sp³-hybridized carbons (Fsp3) is 0.235. The minimum absolute atomic E-state index is 0.00261. The molecule has 0 atom stereocenters. The van der Waals surface area contributed by atoms with E-state index in [9.17, 15) is 26.4 Å². The summed E-state index contributed by atoms with van der Waals surface area (Å²) in [5, 5.41) is 2.56. The molecule has 0 aliphatic heterocycles. The smallest absolute Gasteiger partial charge is 0.422 e. The number of sulfonamides is 1. The maximum Gasteiger partial charge on any atom is 0.422 e. The highest BCUT2D eigenvalue weighted by molar-refractivity contribution is 7.89. The van der Waals surface area contributed by atoms with E-state index in [2.05, 4.69) is 14.8 Å². The summed E-state index contributed by atoms with van der Waals surface area (Å²) in [6.45, 7) is -1.57. The Kier molecular flexibility index (Phi) is 7.28. The number of benzene rings is 2. The molecule has 0 aliphatic rings. The van der Waals surface area contributed by atoms with Gasteiger partial charge in [0.05, 0.1) is 5.02 Å². The third-order valence-corrected chi connectivity index (χ3v) is 5.27. The second-order valence-corrected chi connectivity index (χ2v) is 7.70. The molecule has 0 aromatic heterocycles. The zero-order valence-electron chi connectivity index (χ0n) is 14.3. The van der Waals surface area contributed by atoms with E-state index in [0.29, 0.717) is 5.69 Å². The Hall–Kier alpha value is -2.30. The summed E-state index contributed by atoms with van der Waals surface area (Å²) in [5.41, 5.74) is 0.332. The highest BCUT2D eigenvalue weighted by Crippen LogP contribution is 2.21. The van der Waals surface area contributed by atoms with Crippen LogP contribution in [0.15, 0.2) is 53.4 Å². The second kappa shape index (κ2) is 9.26. The summed E-state index contributed by atoms with van der Waals surface area (Å²) < 4.78 is 67.4. The van der Waals surface area contributed by atoms with Crippen LogP contribution in [0.3, 0.4) is 0 Å². The maximum absolute atomic E-state index is 12.1. The number of carbonyl (C=O) groups is 1. The molecule has 0 heterocycles. The van der Waals surface area contributed by atoms with Crippen molar-refractivity contribution in [3.63, 3.8) is 0 Å². The number of hydrogen-bond acceptors (Lipinski definition) is 4. The van der Waals surface area contributed by atoms with Crippen LogP contribution in [-0.2, 0) is 14.8 Å². The van der Waals surface area contributed by atoms with E-state index in [-0.39, 0.29) is 28.6 Å². The van der Waals surface area contributed by atoms with Crippen LogP contribution < -0.4 is 14.8 Å². The maximum atomic E-state index is 12.1. The van der Waals surface area contributed by atoms with Crippen LogP contribution in [0.1, 0.15) is 6.42 Å². The number of ether oxygens (including phenoxy) is 1. The average Bonchev–Trinajstić information content (AvgIpc) is 2.60. The van der Waals surface area contributed by atoms with Gasteiger partial charge < -0.3 is 10.1 Å². The molecule has 2 aromatic rings. The van der Waals surface area contributed by atoms with Crippen LogP contribution in [0, 0.1) is 0 Å². The number of rotatable bonds is 8. The molecule has 0 unspecified atom stereocenters. The van der Waals surface area contributed by atoms with Gasteiger partial charge in [0.25, 0.3) is 0 Å². The Morgan fingerprint density at radius 3 is 2.32 bits per heavy atom. The quantitative estimate of drug-likeness (QED) is 0.662. The first-order chi connectivity index (χ1) is 13.1. The van der Waals surface area contributed by atoms with E-state index in [4.69, 9.17) is 11.6 Å². The summed E-state index contributed by atoms with van der Waals surface area (Å²) in [6.07, 6.45) is -4.60. The molecule has 6 nitrogen and oxygen atoms in total. The van der Waals surface area contributed by atoms with Gasteiger partial charge in [-0.3, -0.25) is 4.79 Å². The molecule has 0 fully saturated rings. The Bertz CT molecular complexity index is 919. The minimum Gasteiger partial charge on any atom is -0.484 e. The summed E-state index contributed by atoms with van der Waals surface area (Å²) in [5.74, 6) is -0.478. The van der Waals surface area contributed by atoms with Crippen molar-refractivity contribution in [2.24, 2.45) is 0 Å². The van der Waals surface area contributed by atoms with Gasteiger partial charge in [0.2, 0.25) is 15.9 Å². The van der Waals surface area contributed by atoms with Gasteiger partial charge in [-0.05, 0) is 36.4 Å². The van der Waals surface area contributed by atoms with Crippen molar-refractivity contribution in [1.82, 2.24) is 4.72 Å². The summed E-state index contributed by atoms with van der Waals surface area (Å²) >= 11 is 5.85. The first-order valence-corrected chi connectivity index (χ1v) is 9.76. The van der Waals surface area contributed by atoms with E-state index < -0.39 is 28.7 Å². The van der Waals surface area contributed by atoms with Gasteiger partial charge in [0.15, 0.2) is 6.61 Å². The molecule has 11 heteroatoms. The van der Waals surface area contributed by atoms with Crippen LogP contribution >= 0.6 is 11.6 Å². The van der Waals surface area contributed by atoms with Crippen molar-refractivity contribution in [2.45, 2.75) is 17.5 Å². The summed E-state index contributed by atoms with van der Waals surface area (Å²) in [4.78, 5) is 11.8. The van der Waals surface area contributed by atoms with Gasteiger partial charge in [-0.25, -0.2) is 13.1 Å². The Morgan fingerprint density at radius 2 is 1.71 bits per heavy atom. The number of hydrogen-bond donors (Lipinski definition) is 2. The zero-order valence-corrected chi connectivity index (χ0v) is 15.9. The molecule has 2 N–H and O–H groups in total. The van der Waals surface area contributed by atoms with Crippen LogP contribution in [0.25, 0.3) is 0 Å². The molecule has 2 aromatic carbocycles. The molecule has 152 valence electrons. The summed E-state index contributed by atoms with van der Waals surface area (Å²) in [7, 11) is -3.85. The third-order valence-electron chi connectivity index (χ3n) is 3.31. The first-order valence-electron chi connectivity index (χ1n) is 7.90. The van der Waals surface area contributed by atoms with Gasteiger partial charge in [0.1, 0.15) is 10.6 Å². The molecule has 2 rings (SSSR count).